The molecule has 0 spiro atoms. The smallest absolute Gasteiger partial charge is 0.203 e. The van der Waals surface area contributed by atoms with Crippen LogP contribution >= 0.6 is 0 Å². The zero-order valence-electron chi connectivity index (χ0n) is 13.2. The Balaban J connectivity index is 2.48. The molecule has 0 aliphatic rings. The third-order valence-electron chi connectivity index (χ3n) is 2.88. The van der Waals surface area contributed by atoms with E-state index in [1.54, 1.807) is 28.4 Å². The van der Waals surface area contributed by atoms with Gasteiger partial charge in [0.25, 0.3) is 0 Å². The number of nitrogens with one attached hydrogen (secondary N) is 1. The highest BCUT2D eigenvalue weighted by atomic mass is 16.5. The first-order chi connectivity index (χ1) is 10.3. The fourth-order valence-corrected chi connectivity index (χ4v) is 1.86. The molecule has 0 saturated heterocycles. The Hall–Kier alpha value is -1.66. The molecule has 0 bridgehead atoms. The van der Waals surface area contributed by atoms with E-state index in [4.69, 9.17) is 23.7 Å². The molecule has 21 heavy (non-hydrogen) atoms. The van der Waals surface area contributed by atoms with Crippen LogP contribution in [0.3, 0.4) is 0 Å². The molecule has 0 aliphatic carbocycles. The fraction of sp³-hybridized carbons (Fsp3) is 0.600. The number of methoxy groups -OCH3 is 4. The van der Waals surface area contributed by atoms with Crippen LogP contribution in [0, 0.1) is 0 Å². The van der Waals surface area contributed by atoms with E-state index < -0.39 is 0 Å². The van der Waals surface area contributed by atoms with Gasteiger partial charge in [-0.1, -0.05) is 0 Å². The highest BCUT2D eigenvalue weighted by molar-refractivity contribution is 5.62. The Morgan fingerprint density at radius 2 is 1.52 bits per heavy atom. The lowest BCUT2D eigenvalue weighted by molar-refractivity contribution is 0.109. The van der Waals surface area contributed by atoms with Crippen LogP contribution in [-0.2, 0) is 9.47 Å². The summed E-state index contributed by atoms with van der Waals surface area (Å²) < 4.78 is 26.3. The molecular formula is C15H25NO5. The summed E-state index contributed by atoms with van der Waals surface area (Å²) in [4.78, 5) is 0. The Bertz CT molecular complexity index is 386. The van der Waals surface area contributed by atoms with E-state index in [0.717, 1.165) is 18.7 Å². The lowest BCUT2D eigenvalue weighted by atomic mass is 10.2. The Labute approximate surface area is 126 Å². The molecule has 1 N–H and O–H groups in total. The molecule has 0 heterocycles. The molecule has 0 fully saturated rings. The summed E-state index contributed by atoms with van der Waals surface area (Å²) in [6, 6.07) is 3.73. The van der Waals surface area contributed by atoms with Crippen molar-refractivity contribution >= 4 is 5.69 Å². The van der Waals surface area contributed by atoms with Crippen LogP contribution in [0.25, 0.3) is 0 Å². The van der Waals surface area contributed by atoms with Crippen molar-refractivity contribution in [2.45, 2.75) is 6.42 Å². The average Bonchev–Trinajstić information content (AvgIpc) is 2.52. The van der Waals surface area contributed by atoms with Gasteiger partial charge in [-0.3, -0.25) is 0 Å². The number of anilines is 1. The second-order valence-corrected chi connectivity index (χ2v) is 4.30. The first kappa shape index (κ1) is 17.4. The van der Waals surface area contributed by atoms with Crippen LogP contribution < -0.4 is 19.5 Å². The maximum atomic E-state index is 5.49. The SMILES string of the molecule is COCCCOCCNc1cc(OC)c(OC)c(OC)c1. The number of benzene rings is 1. The highest BCUT2D eigenvalue weighted by Crippen LogP contribution is 2.39. The topological polar surface area (TPSA) is 58.2 Å². The summed E-state index contributed by atoms with van der Waals surface area (Å²) in [6.45, 7) is 2.75. The largest absolute Gasteiger partial charge is 0.493 e. The van der Waals surface area contributed by atoms with Crippen molar-refractivity contribution in [3.63, 3.8) is 0 Å². The van der Waals surface area contributed by atoms with E-state index in [-0.39, 0.29) is 0 Å². The van der Waals surface area contributed by atoms with Gasteiger partial charge in [-0.15, -0.1) is 0 Å². The second kappa shape index (κ2) is 10.1. The third kappa shape index (κ3) is 5.69. The zero-order chi connectivity index (χ0) is 15.5. The van der Waals surface area contributed by atoms with Crippen LogP contribution in [0.1, 0.15) is 6.42 Å². The summed E-state index contributed by atoms with van der Waals surface area (Å²) in [5.74, 6) is 1.84. The minimum Gasteiger partial charge on any atom is -0.493 e. The molecule has 0 amide bonds. The van der Waals surface area contributed by atoms with E-state index >= 15 is 0 Å². The first-order valence-electron chi connectivity index (χ1n) is 6.87. The molecule has 1 rings (SSSR count). The van der Waals surface area contributed by atoms with Gasteiger partial charge in [0.15, 0.2) is 11.5 Å². The van der Waals surface area contributed by atoms with Gasteiger partial charge < -0.3 is 29.0 Å². The van der Waals surface area contributed by atoms with Crippen LogP contribution in [0.2, 0.25) is 0 Å². The molecule has 0 aromatic heterocycles. The van der Waals surface area contributed by atoms with Gasteiger partial charge in [0.2, 0.25) is 5.75 Å². The average molecular weight is 299 g/mol. The molecule has 0 atom stereocenters. The van der Waals surface area contributed by atoms with Crippen LogP contribution in [0.4, 0.5) is 5.69 Å². The summed E-state index contributed by atoms with van der Waals surface area (Å²) in [6.07, 6.45) is 0.903. The minimum atomic E-state index is 0.585. The third-order valence-corrected chi connectivity index (χ3v) is 2.88. The molecule has 120 valence electrons. The maximum Gasteiger partial charge on any atom is 0.203 e. The van der Waals surface area contributed by atoms with Crippen molar-refractivity contribution in [3.05, 3.63) is 12.1 Å². The van der Waals surface area contributed by atoms with Crippen LogP contribution in [0.15, 0.2) is 12.1 Å². The van der Waals surface area contributed by atoms with Crippen molar-refractivity contribution in [1.29, 1.82) is 0 Å². The predicted octanol–water partition coefficient (Wildman–Crippen LogP) is 2.18. The normalized spacial score (nSPS) is 10.3. The summed E-state index contributed by atoms with van der Waals surface area (Å²) >= 11 is 0. The number of hydrogen-bond acceptors (Lipinski definition) is 6. The van der Waals surface area contributed by atoms with Crippen molar-refractivity contribution in [3.8, 4) is 17.2 Å². The number of ether oxygens (including phenoxy) is 5. The number of hydrogen-bond donors (Lipinski definition) is 1. The summed E-state index contributed by atoms with van der Waals surface area (Å²) in [7, 11) is 6.47. The lowest BCUT2D eigenvalue weighted by Crippen LogP contribution is -2.11. The predicted molar refractivity (Wildman–Crippen MR) is 81.9 cm³/mol. The van der Waals surface area contributed by atoms with E-state index in [1.165, 1.54) is 0 Å². The van der Waals surface area contributed by atoms with Gasteiger partial charge in [0.1, 0.15) is 0 Å². The Morgan fingerprint density at radius 3 is 2.05 bits per heavy atom. The second-order valence-electron chi connectivity index (χ2n) is 4.30. The molecule has 0 unspecified atom stereocenters. The van der Waals surface area contributed by atoms with Crippen molar-refractivity contribution in [1.82, 2.24) is 0 Å². The van der Waals surface area contributed by atoms with Crippen molar-refractivity contribution < 1.29 is 23.7 Å². The molecule has 0 aliphatic heterocycles. The molecule has 1 aromatic carbocycles. The number of rotatable bonds is 11. The zero-order valence-corrected chi connectivity index (χ0v) is 13.2. The molecule has 1 aromatic rings. The lowest BCUT2D eigenvalue weighted by Gasteiger charge is -2.15. The van der Waals surface area contributed by atoms with Crippen molar-refractivity contribution in [2.75, 3.05) is 60.1 Å². The van der Waals surface area contributed by atoms with Gasteiger partial charge in [0, 0.05) is 44.7 Å². The van der Waals surface area contributed by atoms with E-state index in [2.05, 4.69) is 5.32 Å². The summed E-state index contributed by atoms with van der Waals surface area (Å²) in [5, 5.41) is 3.26. The van der Waals surface area contributed by atoms with E-state index in [0.29, 0.717) is 37.0 Å². The van der Waals surface area contributed by atoms with Gasteiger partial charge in [-0.2, -0.15) is 0 Å². The van der Waals surface area contributed by atoms with E-state index in [9.17, 15) is 0 Å². The van der Waals surface area contributed by atoms with Gasteiger partial charge in [-0.05, 0) is 6.42 Å². The minimum absolute atomic E-state index is 0.585. The molecule has 6 heteroatoms. The quantitative estimate of drug-likeness (QED) is 0.632. The maximum absolute atomic E-state index is 5.49. The first-order valence-corrected chi connectivity index (χ1v) is 6.87. The Kier molecular flexibility index (Phi) is 8.38. The highest BCUT2D eigenvalue weighted by Gasteiger charge is 2.12. The van der Waals surface area contributed by atoms with Gasteiger partial charge in [-0.25, -0.2) is 0 Å². The fourth-order valence-electron chi connectivity index (χ4n) is 1.86. The molecular weight excluding hydrogens is 274 g/mol. The summed E-state index contributed by atoms with van der Waals surface area (Å²) in [5.41, 5.74) is 0.894. The van der Waals surface area contributed by atoms with Crippen LogP contribution in [-0.4, -0.2) is 54.8 Å². The monoisotopic (exact) mass is 299 g/mol. The van der Waals surface area contributed by atoms with E-state index in [1.807, 2.05) is 12.1 Å². The van der Waals surface area contributed by atoms with Gasteiger partial charge >= 0.3 is 0 Å². The van der Waals surface area contributed by atoms with Gasteiger partial charge in [0.05, 0.1) is 27.9 Å². The molecule has 0 saturated carbocycles. The molecule has 0 radical (unpaired) electrons. The standard InChI is InChI=1S/C15H25NO5/c1-17-7-5-8-21-9-6-16-12-10-13(18-2)15(20-4)14(11-12)19-3/h10-11,16H,5-9H2,1-4H3. The van der Waals surface area contributed by atoms with Crippen LogP contribution in [0.5, 0.6) is 17.2 Å². The van der Waals surface area contributed by atoms with Crippen molar-refractivity contribution in [2.24, 2.45) is 0 Å². The molecule has 6 nitrogen and oxygen atoms in total. The Morgan fingerprint density at radius 1 is 0.857 bits per heavy atom.